The number of methoxy groups -OCH3 is 1. The van der Waals surface area contributed by atoms with E-state index in [9.17, 15) is 5.11 Å². The molecule has 2 aromatic rings. The van der Waals surface area contributed by atoms with Gasteiger partial charge >= 0.3 is 0 Å². The van der Waals surface area contributed by atoms with E-state index in [1.165, 1.54) is 0 Å². The van der Waals surface area contributed by atoms with E-state index in [4.69, 9.17) is 14.2 Å². The first-order valence-corrected chi connectivity index (χ1v) is 12.6. The van der Waals surface area contributed by atoms with E-state index in [-0.39, 0.29) is 0 Å². The van der Waals surface area contributed by atoms with Crippen LogP contribution in [0.3, 0.4) is 0 Å². The fourth-order valence-corrected chi connectivity index (χ4v) is 4.84. The zero-order chi connectivity index (χ0) is 25.5. The third-order valence-electron chi connectivity index (χ3n) is 6.77. The van der Waals surface area contributed by atoms with Gasteiger partial charge in [0.25, 0.3) is 0 Å². The Balaban J connectivity index is 1.29. The third kappa shape index (κ3) is 6.97. The van der Waals surface area contributed by atoms with Gasteiger partial charge in [-0.25, -0.2) is 9.97 Å². The zero-order valence-electron chi connectivity index (χ0n) is 22.0. The molecule has 1 aromatic carbocycles. The standard InChI is InChI=1S/C26H40N6O4/c1-29(2)24-16-25(28-20-27-24)32-8-7-26(33,19-32)18-30(3)17-21-5-6-22(23(15-21)34-4)36-14-11-31-9-12-35-13-10-31/h5-6,15-16,20,33H,7-14,17-19H2,1-4H3/t26-/m1/s1. The molecular weight excluding hydrogens is 460 g/mol. The minimum atomic E-state index is -0.801. The SMILES string of the molecule is COc1cc(CN(C)C[C@]2(O)CCN(c3cc(N(C)C)ncn3)C2)ccc1OCCN1CCOCC1. The number of likely N-dealkylation sites (N-methyl/N-ethyl adjacent to an activating group) is 1. The largest absolute Gasteiger partial charge is 0.493 e. The van der Waals surface area contributed by atoms with Crippen LogP contribution in [0.5, 0.6) is 11.5 Å². The van der Waals surface area contributed by atoms with E-state index >= 15 is 0 Å². The fraction of sp³-hybridized carbons (Fsp3) is 0.615. The maximum absolute atomic E-state index is 11.3. The number of benzene rings is 1. The second kappa shape index (κ2) is 12.1. The van der Waals surface area contributed by atoms with Gasteiger partial charge in [0.1, 0.15) is 24.6 Å². The highest BCUT2D eigenvalue weighted by atomic mass is 16.5. The molecule has 3 heterocycles. The molecule has 0 radical (unpaired) electrons. The Kier molecular flexibility index (Phi) is 8.84. The molecule has 0 unspecified atom stereocenters. The smallest absolute Gasteiger partial charge is 0.161 e. The number of morpholine rings is 1. The van der Waals surface area contributed by atoms with E-state index in [0.717, 1.165) is 68.1 Å². The molecular formula is C26H40N6O4. The Hall–Kier alpha value is -2.66. The number of ether oxygens (including phenoxy) is 3. The molecule has 1 aromatic heterocycles. The molecule has 1 N–H and O–H groups in total. The van der Waals surface area contributed by atoms with Crippen molar-refractivity contribution in [2.24, 2.45) is 0 Å². The molecule has 36 heavy (non-hydrogen) atoms. The van der Waals surface area contributed by atoms with Crippen molar-refractivity contribution in [2.75, 3.05) is 97.1 Å². The van der Waals surface area contributed by atoms with Gasteiger partial charge in [0.2, 0.25) is 0 Å². The molecule has 2 fully saturated rings. The number of aromatic nitrogens is 2. The monoisotopic (exact) mass is 500 g/mol. The summed E-state index contributed by atoms with van der Waals surface area (Å²) < 4.78 is 17.0. The Morgan fingerprint density at radius 1 is 1.08 bits per heavy atom. The van der Waals surface area contributed by atoms with Crippen molar-refractivity contribution in [3.8, 4) is 11.5 Å². The predicted octanol–water partition coefficient (Wildman–Crippen LogP) is 1.34. The molecule has 198 valence electrons. The van der Waals surface area contributed by atoms with Crippen molar-refractivity contribution in [3.05, 3.63) is 36.2 Å². The predicted molar refractivity (Wildman–Crippen MR) is 140 cm³/mol. The number of rotatable bonds is 11. The molecule has 0 bridgehead atoms. The normalized spacial score (nSPS) is 20.7. The van der Waals surface area contributed by atoms with E-state index in [1.54, 1.807) is 13.4 Å². The molecule has 10 nitrogen and oxygen atoms in total. The maximum Gasteiger partial charge on any atom is 0.161 e. The highest BCUT2D eigenvalue weighted by Gasteiger charge is 2.37. The van der Waals surface area contributed by atoms with Crippen molar-refractivity contribution in [3.63, 3.8) is 0 Å². The second-order valence-corrected chi connectivity index (χ2v) is 9.98. The number of hydrogen-bond acceptors (Lipinski definition) is 10. The molecule has 0 saturated carbocycles. The van der Waals surface area contributed by atoms with Crippen LogP contribution in [0.1, 0.15) is 12.0 Å². The Morgan fingerprint density at radius 3 is 2.64 bits per heavy atom. The molecule has 0 amide bonds. The van der Waals surface area contributed by atoms with Crippen LogP contribution in [0, 0.1) is 0 Å². The molecule has 2 aliphatic heterocycles. The molecule has 2 saturated heterocycles. The van der Waals surface area contributed by atoms with Gasteiger partial charge in [-0.2, -0.15) is 0 Å². The highest BCUT2D eigenvalue weighted by Crippen LogP contribution is 2.30. The quantitative estimate of drug-likeness (QED) is 0.488. The lowest BCUT2D eigenvalue weighted by atomic mass is 10.0. The van der Waals surface area contributed by atoms with Gasteiger partial charge in [0.05, 0.1) is 25.9 Å². The van der Waals surface area contributed by atoms with Gasteiger partial charge in [-0.1, -0.05) is 6.07 Å². The minimum Gasteiger partial charge on any atom is -0.493 e. The van der Waals surface area contributed by atoms with E-state index < -0.39 is 5.60 Å². The van der Waals surface area contributed by atoms with E-state index in [0.29, 0.717) is 32.7 Å². The van der Waals surface area contributed by atoms with E-state index in [1.807, 2.05) is 44.2 Å². The van der Waals surface area contributed by atoms with Crippen molar-refractivity contribution in [2.45, 2.75) is 18.6 Å². The molecule has 10 heteroatoms. The van der Waals surface area contributed by atoms with Crippen LogP contribution < -0.4 is 19.3 Å². The first-order valence-electron chi connectivity index (χ1n) is 12.6. The first kappa shape index (κ1) is 26.4. The summed E-state index contributed by atoms with van der Waals surface area (Å²) in [6, 6.07) is 8.03. The summed E-state index contributed by atoms with van der Waals surface area (Å²) >= 11 is 0. The lowest BCUT2D eigenvalue weighted by molar-refractivity contribution is 0.0279. The van der Waals surface area contributed by atoms with Gasteiger partial charge < -0.3 is 29.1 Å². The van der Waals surface area contributed by atoms with Crippen molar-refractivity contribution in [1.29, 1.82) is 0 Å². The molecule has 0 aliphatic carbocycles. The average molecular weight is 501 g/mol. The summed E-state index contributed by atoms with van der Waals surface area (Å²) in [5.74, 6) is 3.19. The summed E-state index contributed by atoms with van der Waals surface area (Å²) in [5, 5.41) is 11.3. The third-order valence-corrected chi connectivity index (χ3v) is 6.77. The van der Waals surface area contributed by atoms with Crippen LogP contribution >= 0.6 is 0 Å². The maximum atomic E-state index is 11.3. The van der Waals surface area contributed by atoms with Gasteiger partial charge in [0.15, 0.2) is 11.5 Å². The number of hydrogen-bond donors (Lipinski definition) is 1. The number of nitrogens with zero attached hydrogens (tertiary/aromatic N) is 6. The van der Waals surface area contributed by atoms with Gasteiger partial charge in [0, 0.05) is 66.0 Å². The van der Waals surface area contributed by atoms with Gasteiger partial charge in [-0.05, 0) is 31.2 Å². The first-order chi connectivity index (χ1) is 17.3. The fourth-order valence-electron chi connectivity index (χ4n) is 4.84. The van der Waals surface area contributed by atoms with Crippen molar-refractivity contribution in [1.82, 2.24) is 19.8 Å². The summed E-state index contributed by atoms with van der Waals surface area (Å²) in [6.07, 6.45) is 2.27. The topological polar surface area (TPSA) is 86.7 Å². The summed E-state index contributed by atoms with van der Waals surface area (Å²) in [7, 11) is 7.62. The molecule has 0 spiro atoms. The number of anilines is 2. The van der Waals surface area contributed by atoms with E-state index in [2.05, 4.69) is 30.7 Å². The molecule has 4 rings (SSSR count). The molecule has 2 aliphatic rings. The number of β-amino-alcohol motifs (C(OH)–C–C–N with tert-alkyl or cyclic N) is 1. The lowest BCUT2D eigenvalue weighted by Gasteiger charge is -2.29. The van der Waals surface area contributed by atoms with Crippen molar-refractivity contribution < 1.29 is 19.3 Å². The van der Waals surface area contributed by atoms with Crippen LogP contribution in [-0.2, 0) is 11.3 Å². The van der Waals surface area contributed by atoms with Crippen LogP contribution in [0.4, 0.5) is 11.6 Å². The average Bonchev–Trinajstić information content (AvgIpc) is 3.26. The Bertz CT molecular complexity index is 987. The second-order valence-electron chi connectivity index (χ2n) is 9.98. The summed E-state index contributed by atoms with van der Waals surface area (Å²) in [5.41, 5.74) is 0.310. The minimum absolute atomic E-state index is 0.542. The van der Waals surface area contributed by atoms with Crippen molar-refractivity contribution >= 4 is 11.6 Å². The van der Waals surface area contributed by atoms with Crippen LogP contribution in [-0.4, -0.2) is 118 Å². The van der Waals surface area contributed by atoms with Gasteiger partial charge in [-0.3, -0.25) is 9.80 Å². The van der Waals surface area contributed by atoms with Crippen LogP contribution in [0.25, 0.3) is 0 Å². The van der Waals surface area contributed by atoms with Crippen LogP contribution in [0.2, 0.25) is 0 Å². The van der Waals surface area contributed by atoms with Gasteiger partial charge in [-0.15, -0.1) is 0 Å². The lowest BCUT2D eigenvalue weighted by Crippen LogP contribution is -2.43. The number of aliphatic hydroxyl groups is 1. The highest BCUT2D eigenvalue weighted by molar-refractivity contribution is 5.50. The molecule has 1 atom stereocenters. The zero-order valence-corrected chi connectivity index (χ0v) is 22.0. The Labute approximate surface area is 214 Å². The van der Waals surface area contributed by atoms with Crippen LogP contribution in [0.15, 0.2) is 30.6 Å². The Morgan fingerprint density at radius 2 is 1.89 bits per heavy atom. The summed E-state index contributed by atoms with van der Waals surface area (Å²) in [4.78, 5) is 17.3. The summed E-state index contributed by atoms with van der Waals surface area (Å²) in [6.45, 7) is 7.53.